The molecule has 2 aromatic rings. The zero-order valence-electron chi connectivity index (χ0n) is 9.08. The minimum Gasteiger partial charge on any atom is -0.507 e. The molecule has 0 aliphatic carbocycles. The summed E-state index contributed by atoms with van der Waals surface area (Å²) in [5, 5.41) is 11.8. The summed E-state index contributed by atoms with van der Waals surface area (Å²) in [6.07, 6.45) is 0. The standard InChI is InChI=1S/C14H11NOS/c16-13-7-3-1-5-11(13)9-17-10-15-12-6-2-4-8-14(12)17/h1-10,16H. The molecule has 2 aromatic carbocycles. The number of phenolic OH excluding ortho intramolecular Hbond substituents is 1. The van der Waals surface area contributed by atoms with Gasteiger partial charge in [-0.05, 0) is 23.6 Å². The third-order valence-corrected chi connectivity index (χ3v) is 4.31. The van der Waals surface area contributed by atoms with Crippen LogP contribution in [0.3, 0.4) is 0 Å². The topological polar surface area (TPSA) is 32.6 Å². The number of aromatic hydroxyl groups is 1. The second-order valence-corrected chi connectivity index (χ2v) is 5.38. The molecule has 3 rings (SSSR count). The van der Waals surface area contributed by atoms with Gasteiger partial charge < -0.3 is 5.11 Å². The molecule has 3 heteroatoms. The van der Waals surface area contributed by atoms with E-state index >= 15 is 0 Å². The van der Waals surface area contributed by atoms with Crippen molar-refractivity contribution in [3.63, 3.8) is 0 Å². The summed E-state index contributed by atoms with van der Waals surface area (Å²) in [4.78, 5) is 5.60. The van der Waals surface area contributed by atoms with Gasteiger partial charge in [0.2, 0.25) is 0 Å². The molecule has 1 atom stereocenters. The smallest absolute Gasteiger partial charge is 0.123 e. The van der Waals surface area contributed by atoms with Crippen LogP contribution in [0.15, 0.2) is 58.4 Å². The molecule has 1 N–H and O–H groups in total. The predicted octanol–water partition coefficient (Wildman–Crippen LogP) is 3.54. The van der Waals surface area contributed by atoms with Crippen molar-refractivity contribution in [1.29, 1.82) is 0 Å². The maximum atomic E-state index is 9.75. The summed E-state index contributed by atoms with van der Waals surface area (Å²) in [6.45, 7) is 0. The minimum absolute atomic E-state index is 0.140. The molecular formula is C14H11NOS. The van der Waals surface area contributed by atoms with E-state index in [9.17, 15) is 5.11 Å². The summed E-state index contributed by atoms with van der Waals surface area (Å²) in [7, 11) is -0.140. The number of hydrogen-bond donors (Lipinski definition) is 1. The SMILES string of the molecule is Oc1ccccc1C=S1C=Nc2ccccc21. The van der Waals surface area contributed by atoms with Crippen molar-refractivity contribution in [2.45, 2.75) is 4.90 Å². The van der Waals surface area contributed by atoms with Crippen molar-refractivity contribution in [3.8, 4) is 5.75 Å². The first-order valence-electron chi connectivity index (χ1n) is 5.32. The molecule has 0 fully saturated rings. The molecule has 1 heterocycles. The highest BCUT2D eigenvalue weighted by Crippen LogP contribution is 2.39. The first-order valence-corrected chi connectivity index (χ1v) is 6.68. The predicted molar refractivity (Wildman–Crippen MR) is 73.7 cm³/mol. The lowest BCUT2D eigenvalue weighted by Crippen LogP contribution is -1.83. The van der Waals surface area contributed by atoms with Gasteiger partial charge in [0.1, 0.15) is 5.75 Å². The zero-order chi connectivity index (χ0) is 11.7. The van der Waals surface area contributed by atoms with E-state index in [2.05, 4.69) is 16.4 Å². The third kappa shape index (κ3) is 1.89. The summed E-state index contributed by atoms with van der Waals surface area (Å²) < 4.78 is 0. The molecule has 1 unspecified atom stereocenters. The highest BCUT2D eigenvalue weighted by molar-refractivity contribution is 8.26. The molecular weight excluding hydrogens is 230 g/mol. The Morgan fingerprint density at radius 3 is 2.65 bits per heavy atom. The van der Waals surface area contributed by atoms with Crippen molar-refractivity contribution >= 4 is 27.1 Å². The van der Waals surface area contributed by atoms with E-state index in [1.165, 1.54) is 4.90 Å². The molecule has 0 bridgehead atoms. The Bertz CT molecular complexity index is 632. The van der Waals surface area contributed by atoms with Gasteiger partial charge in [-0.25, -0.2) is 4.99 Å². The van der Waals surface area contributed by atoms with Crippen molar-refractivity contribution in [2.75, 3.05) is 0 Å². The van der Waals surface area contributed by atoms with Crippen LogP contribution >= 0.6 is 10.5 Å². The van der Waals surface area contributed by atoms with E-state index in [1.54, 1.807) is 6.07 Å². The van der Waals surface area contributed by atoms with Gasteiger partial charge in [0.05, 0.1) is 11.2 Å². The second-order valence-electron chi connectivity index (χ2n) is 3.75. The number of phenols is 1. The van der Waals surface area contributed by atoms with Crippen LogP contribution in [0.1, 0.15) is 5.56 Å². The van der Waals surface area contributed by atoms with Gasteiger partial charge in [-0.2, -0.15) is 0 Å². The molecule has 0 saturated heterocycles. The van der Waals surface area contributed by atoms with Gasteiger partial charge in [0.25, 0.3) is 0 Å². The monoisotopic (exact) mass is 241 g/mol. The minimum atomic E-state index is -0.140. The Labute approximate surface area is 102 Å². The Balaban J connectivity index is 2.09. The Kier molecular flexibility index (Phi) is 2.53. The average Bonchev–Trinajstić information content (AvgIpc) is 2.76. The molecule has 0 saturated carbocycles. The van der Waals surface area contributed by atoms with E-state index in [0.717, 1.165) is 11.3 Å². The fourth-order valence-electron chi connectivity index (χ4n) is 1.75. The number of benzene rings is 2. The summed E-state index contributed by atoms with van der Waals surface area (Å²) in [6, 6.07) is 15.5. The largest absolute Gasteiger partial charge is 0.507 e. The highest BCUT2D eigenvalue weighted by atomic mass is 32.2. The van der Waals surface area contributed by atoms with E-state index < -0.39 is 0 Å². The maximum Gasteiger partial charge on any atom is 0.123 e. The number of hydrogen-bond acceptors (Lipinski definition) is 2. The zero-order valence-corrected chi connectivity index (χ0v) is 9.89. The summed E-state index contributed by atoms with van der Waals surface area (Å²) in [5.74, 6) is 0.317. The van der Waals surface area contributed by atoms with Crippen molar-refractivity contribution < 1.29 is 5.11 Å². The van der Waals surface area contributed by atoms with Crippen LogP contribution < -0.4 is 0 Å². The van der Waals surface area contributed by atoms with Crippen LogP contribution in [-0.4, -0.2) is 16.0 Å². The van der Waals surface area contributed by atoms with Gasteiger partial charge in [-0.1, -0.05) is 30.3 Å². The molecule has 0 spiro atoms. The number of para-hydroxylation sites is 2. The van der Waals surface area contributed by atoms with Crippen molar-refractivity contribution in [1.82, 2.24) is 0 Å². The number of rotatable bonds is 1. The van der Waals surface area contributed by atoms with Crippen LogP contribution in [0, 0.1) is 0 Å². The first kappa shape index (κ1) is 10.3. The molecule has 1 aliphatic rings. The number of fused-ring (bicyclic) bond motifs is 1. The lowest BCUT2D eigenvalue weighted by molar-refractivity contribution is 0.474. The van der Waals surface area contributed by atoms with Gasteiger partial charge in [0.15, 0.2) is 0 Å². The lowest BCUT2D eigenvalue weighted by atomic mass is 10.2. The summed E-state index contributed by atoms with van der Waals surface area (Å²) >= 11 is 0. The highest BCUT2D eigenvalue weighted by Gasteiger charge is 2.10. The molecule has 0 radical (unpaired) electrons. The van der Waals surface area contributed by atoms with Crippen molar-refractivity contribution in [2.24, 2.45) is 4.99 Å². The third-order valence-electron chi connectivity index (χ3n) is 2.62. The fourth-order valence-corrected chi connectivity index (χ4v) is 3.35. The first-order chi connectivity index (χ1) is 8.34. The number of aliphatic imine (C=N–C) groups is 1. The Hall–Kier alpha value is -1.87. The van der Waals surface area contributed by atoms with Gasteiger partial charge in [0, 0.05) is 10.5 Å². The number of nitrogens with zero attached hydrogens (tertiary/aromatic N) is 1. The second kappa shape index (κ2) is 4.18. The molecule has 2 nitrogen and oxygen atoms in total. The quantitative estimate of drug-likeness (QED) is 0.761. The van der Waals surface area contributed by atoms with Crippen LogP contribution in [0.25, 0.3) is 0 Å². The maximum absolute atomic E-state index is 9.75. The van der Waals surface area contributed by atoms with Gasteiger partial charge in [-0.3, -0.25) is 0 Å². The van der Waals surface area contributed by atoms with E-state index in [4.69, 9.17) is 0 Å². The summed E-state index contributed by atoms with van der Waals surface area (Å²) in [5.41, 5.74) is 3.83. The van der Waals surface area contributed by atoms with Gasteiger partial charge in [-0.15, -0.1) is 10.5 Å². The lowest BCUT2D eigenvalue weighted by Gasteiger charge is -2.02. The average molecular weight is 241 g/mol. The van der Waals surface area contributed by atoms with E-state index in [0.29, 0.717) is 5.75 Å². The Morgan fingerprint density at radius 2 is 1.76 bits per heavy atom. The molecule has 0 amide bonds. The normalized spacial score (nSPS) is 17.3. The molecule has 84 valence electrons. The Morgan fingerprint density at radius 1 is 1.00 bits per heavy atom. The molecule has 1 aliphatic heterocycles. The van der Waals surface area contributed by atoms with Crippen LogP contribution in [0.5, 0.6) is 5.75 Å². The fraction of sp³-hybridized carbons (Fsp3) is 0. The van der Waals surface area contributed by atoms with E-state index in [1.807, 2.05) is 41.9 Å². The van der Waals surface area contributed by atoms with Gasteiger partial charge >= 0.3 is 0 Å². The van der Waals surface area contributed by atoms with E-state index in [-0.39, 0.29) is 10.5 Å². The van der Waals surface area contributed by atoms with Crippen LogP contribution in [-0.2, 0) is 0 Å². The van der Waals surface area contributed by atoms with Crippen LogP contribution in [0.2, 0.25) is 0 Å². The molecule has 17 heavy (non-hydrogen) atoms. The molecule has 0 aromatic heterocycles. The van der Waals surface area contributed by atoms with Crippen LogP contribution in [0.4, 0.5) is 5.69 Å². The van der Waals surface area contributed by atoms with Crippen molar-refractivity contribution in [3.05, 3.63) is 54.1 Å².